The lowest BCUT2D eigenvalue weighted by Crippen LogP contribution is -1.93. The molecule has 2 heteroatoms. The lowest BCUT2D eigenvalue weighted by molar-refractivity contribution is 0.101. The number of hydrogen-bond acceptors (Lipinski definition) is 2. The third kappa shape index (κ3) is 1.35. The average Bonchev–Trinajstić information content (AvgIpc) is 2.01. The minimum absolute atomic E-state index is 0.125. The van der Waals surface area contributed by atoms with Crippen LogP contribution in [0.2, 0.25) is 0 Å². The second-order valence-corrected chi connectivity index (χ2v) is 1.95. The van der Waals surface area contributed by atoms with E-state index in [1.165, 1.54) is 12.1 Å². The van der Waals surface area contributed by atoms with E-state index in [0.29, 0.717) is 5.69 Å². The van der Waals surface area contributed by atoms with E-state index in [1.807, 2.05) is 0 Å². The van der Waals surface area contributed by atoms with Crippen molar-refractivity contribution in [3.63, 3.8) is 0 Å². The average molecular weight is 138 g/mol. The Labute approximate surface area is 63.9 Å². The molecule has 0 spiro atoms. The first-order valence-corrected chi connectivity index (χ1v) is 2.81. The zero-order valence-corrected chi connectivity index (χ0v) is 5.29. The molecule has 0 aliphatic carbocycles. The summed E-state index contributed by atoms with van der Waals surface area (Å²) >= 11 is 0. The summed E-state index contributed by atoms with van der Waals surface area (Å²) in [5.41, 5.74) is 5.91. The Morgan fingerprint density at radius 2 is 2.50 bits per heavy atom. The van der Waals surface area contributed by atoms with Crippen LogP contribution in [0, 0.1) is 0 Å². The quantitative estimate of drug-likeness (QED) is 0.471. The maximum Gasteiger partial charge on any atom is 0.159 e. The van der Waals surface area contributed by atoms with Crippen LogP contribution in [-0.2, 0) is 0 Å². The van der Waals surface area contributed by atoms with Gasteiger partial charge in [-0.25, -0.2) is 0 Å². The number of carbonyl (C=O) groups excluding carboxylic acids is 1. The van der Waals surface area contributed by atoms with Crippen LogP contribution in [0.3, 0.4) is 0 Å². The highest BCUT2D eigenvalue weighted by molar-refractivity contribution is 5.94. The summed E-state index contributed by atoms with van der Waals surface area (Å²) in [6.45, 7) is -2.59. The SMILES string of the molecule is [2H]C([2H])([2H])C(=O)c1cccc(N)c1. The third-order valence-corrected chi connectivity index (χ3v) is 1.15. The molecule has 0 aliphatic heterocycles. The van der Waals surface area contributed by atoms with Crippen LogP contribution >= 0.6 is 0 Å². The highest BCUT2D eigenvalue weighted by Crippen LogP contribution is 2.06. The van der Waals surface area contributed by atoms with Gasteiger partial charge in [0, 0.05) is 15.4 Å². The van der Waals surface area contributed by atoms with Crippen LogP contribution in [0.15, 0.2) is 24.3 Å². The molecular formula is C8H9NO. The molecule has 52 valence electrons. The summed E-state index contributed by atoms with van der Waals surface area (Å²) in [6, 6.07) is 5.93. The Kier molecular flexibility index (Phi) is 0.947. The molecule has 0 atom stereocenters. The molecule has 0 unspecified atom stereocenters. The van der Waals surface area contributed by atoms with E-state index in [0.717, 1.165) is 0 Å². The number of nitrogen functional groups attached to an aromatic ring is 1. The summed E-state index contributed by atoms with van der Waals surface area (Å²) in [4.78, 5) is 11.2. The Bertz CT molecular complexity index is 332. The van der Waals surface area contributed by atoms with Crippen molar-refractivity contribution in [1.29, 1.82) is 0 Å². The van der Waals surface area contributed by atoms with Crippen LogP contribution < -0.4 is 5.73 Å². The minimum atomic E-state index is -2.59. The van der Waals surface area contributed by atoms with Gasteiger partial charge in [0.2, 0.25) is 0 Å². The van der Waals surface area contributed by atoms with E-state index in [9.17, 15) is 4.79 Å². The lowest BCUT2D eigenvalue weighted by Gasteiger charge is -1.94. The van der Waals surface area contributed by atoms with Crippen molar-refractivity contribution >= 4 is 11.5 Å². The third-order valence-electron chi connectivity index (χ3n) is 1.15. The molecule has 1 aromatic carbocycles. The van der Waals surface area contributed by atoms with Crippen LogP contribution in [0.25, 0.3) is 0 Å². The smallest absolute Gasteiger partial charge is 0.159 e. The van der Waals surface area contributed by atoms with Gasteiger partial charge in [0.15, 0.2) is 5.78 Å². The molecule has 2 nitrogen and oxygen atoms in total. The Morgan fingerprint density at radius 1 is 1.70 bits per heavy atom. The van der Waals surface area contributed by atoms with E-state index in [1.54, 1.807) is 12.1 Å². The molecule has 0 saturated heterocycles. The highest BCUT2D eigenvalue weighted by Gasteiger charge is 1.96. The molecule has 1 aromatic rings. The van der Waals surface area contributed by atoms with Crippen molar-refractivity contribution in [2.24, 2.45) is 0 Å². The van der Waals surface area contributed by atoms with Crippen molar-refractivity contribution in [3.05, 3.63) is 29.8 Å². The second-order valence-electron chi connectivity index (χ2n) is 1.95. The van der Waals surface area contributed by atoms with Crippen molar-refractivity contribution in [1.82, 2.24) is 0 Å². The van der Waals surface area contributed by atoms with Gasteiger partial charge in [0.1, 0.15) is 0 Å². The van der Waals surface area contributed by atoms with Gasteiger partial charge in [0.25, 0.3) is 0 Å². The number of Topliss-reactive ketones (excluding diaryl/α,β-unsaturated/α-hetero) is 1. The van der Waals surface area contributed by atoms with E-state index in [4.69, 9.17) is 9.85 Å². The van der Waals surface area contributed by atoms with Crippen molar-refractivity contribution in [2.45, 2.75) is 6.85 Å². The summed E-state index contributed by atoms with van der Waals surface area (Å²) < 4.78 is 20.7. The van der Waals surface area contributed by atoms with Gasteiger partial charge in [0.05, 0.1) is 0 Å². The first kappa shape index (κ1) is 3.76. The first-order valence-electron chi connectivity index (χ1n) is 4.31. The van der Waals surface area contributed by atoms with E-state index in [2.05, 4.69) is 0 Å². The van der Waals surface area contributed by atoms with Crippen LogP contribution in [0.1, 0.15) is 21.3 Å². The summed E-state index contributed by atoms with van der Waals surface area (Å²) in [6.07, 6.45) is 0. The van der Waals surface area contributed by atoms with E-state index in [-0.39, 0.29) is 5.56 Å². The second kappa shape index (κ2) is 2.52. The molecule has 0 amide bonds. The normalized spacial score (nSPS) is 15.0. The number of hydrogen-bond donors (Lipinski definition) is 1. The molecule has 1 rings (SSSR count). The van der Waals surface area contributed by atoms with Crippen molar-refractivity contribution in [2.75, 3.05) is 5.73 Å². The fourth-order valence-corrected chi connectivity index (χ4v) is 0.680. The van der Waals surface area contributed by atoms with Crippen LogP contribution in [0.4, 0.5) is 5.69 Å². The summed E-state index contributed by atoms with van der Waals surface area (Å²) in [5, 5.41) is 0. The molecular weight excluding hydrogens is 126 g/mol. The van der Waals surface area contributed by atoms with Gasteiger partial charge < -0.3 is 5.73 Å². The topological polar surface area (TPSA) is 43.1 Å². The van der Waals surface area contributed by atoms with E-state index < -0.39 is 12.6 Å². The van der Waals surface area contributed by atoms with Crippen molar-refractivity contribution < 1.29 is 8.91 Å². The highest BCUT2D eigenvalue weighted by atomic mass is 16.1. The predicted octanol–water partition coefficient (Wildman–Crippen LogP) is 1.47. The molecule has 10 heavy (non-hydrogen) atoms. The Hall–Kier alpha value is -1.31. The molecule has 0 saturated carbocycles. The Morgan fingerprint density at radius 3 is 3.10 bits per heavy atom. The monoisotopic (exact) mass is 138 g/mol. The number of nitrogens with two attached hydrogens (primary N) is 1. The molecule has 2 N–H and O–H groups in total. The van der Waals surface area contributed by atoms with Gasteiger partial charge >= 0.3 is 0 Å². The van der Waals surface area contributed by atoms with Crippen LogP contribution in [-0.4, -0.2) is 5.78 Å². The van der Waals surface area contributed by atoms with Gasteiger partial charge in [-0.05, 0) is 19.0 Å². The molecule has 0 aromatic heterocycles. The number of rotatable bonds is 1. The lowest BCUT2D eigenvalue weighted by atomic mass is 10.1. The maximum atomic E-state index is 11.2. The fraction of sp³-hybridized carbons (Fsp3) is 0.125. The number of carbonyl (C=O) groups is 1. The maximum absolute atomic E-state index is 11.2. The van der Waals surface area contributed by atoms with Crippen LogP contribution in [0.5, 0.6) is 0 Å². The number of benzene rings is 1. The predicted molar refractivity (Wildman–Crippen MR) is 40.9 cm³/mol. The zero-order chi connectivity index (χ0) is 10.1. The standard InChI is InChI=1S/C8H9NO/c1-6(10)7-3-2-4-8(9)5-7/h2-5H,9H2,1H3/i1D3. The summed E-state index contributed by atoms with van der Waals surface area (Å²) in [7, 11) is 0. The fourth-order valence-electron chi connectivity index (χ4n) is 0.680. The van der Waals surface area contributed by atoms with Gasteiger partial charge in [-0.2, -0.15) is 0 Å². The molecule has 0 bridgehead atoms. The zero-order valence-electron chi connectivity index (χ0n) is 8.29. The first-order chi connectivity index (χ1) is 5.91. The van der Waals surface area contributed by atoms with Crippen molar-refractivity contribution in [3.8, 4) is 0 Å². The Balaban J connectivity index is 3.03. The largest absolute Gasteiger partial charge is 0.399 e. The minimum Gasteiger partial charge on any atom is -0.399 e. The molecule has 0 fully saturated rings. The van der Waals surface area contributed by atoms with Gasteiger partial charge in [-0.1, -0.05) is 12.1 Å². The van der Waals surface area contributed by atoms with Gasteiger partial charge in [-0.3, -0.25) is 4.79 Å². The summed E-state index contributed by atoms with van der Waals surface area (Å²) in [5.74, 6) is -0.875. The number of ketones is 1. The molecule has 0 heterocycles. The molecule has 0 radical (unpaired) electrons. The number of anilines is 1. The molecule has 0 aliphatic rings. The van der Waals surface area contributed by atoms with Gasteiger partial charge in [-0.15, -0.1) is 0 Å². The van der Waals surface area contributed by atoms with E-state index >= 15 is 0 Å².